The van der Waals surface area contributed by atoms with Gasteiger partial charge in [-0.25, -0.2) is 8.42 Å². The molecule has 2 atom stereocenters. The van der Waals surface area contributed by atoms with E-state index in [1.807, 2.05) is 39.0 Å². The fraction of sp³-hybridized carbons (Fsp3) is 0.462. The van der Waals surface area contributed by atoms with Crippen LogP contribution in [0.15, 0.2) is 48.5 Å². The summed E-state index contributed by atoms with van der Waals surface area (Å²) in [5.74, 6) is -0.0397. The Hall–Kier alpha value is -3.07. The molecule has 0 aliphatic carbocycles. The van der Waals surface area contributed by atoms with Crippen LogP contribution in [0, 0.1) is 6.92 Å². The molecule has 2 aromatic rings. The summed E-state index contributed by atoms with van der Waals surface area (Å²) in [4.78, 5) is 28.3. The van der Waals surface area contributed by atoms with Gasteiger partial charge < -0.3 is 15.0 Å². The first-order chi connectivity index (χ1) is 16.5. The summed E-state index contributed by atoms with van der Waals surface area (Å²) in [5, 5.41) is 2.96. The van der Waals surface area contributed by atoms with E-state index in [1.165, 1.54) is 4.90 Å². The van der Waals surface area contributed by atoms with Crippen molar-refractivity contribution in [2.45, 2.75) is 59.2 Å². The molecule has 8 nitrogen and oxygen atoms in total. The fourth-order valence-corrected chi connectivity index (χ4v) is 4.63. The largest absolute Gasteiger partial charge is 0.497 e. The summed E-state index contributed by atoms with van der Waals surface area (Å²) in [6.07, 6.45) is 2.21. The molecular weight excluding hydrogens is 466 g/mol. The second kappa shape index (κ2) is 12.6. The molecule has 0 heterocycles. The molecule has 2 rings (SSSR count). The van der Waals surface area contributed by atoms with Crippen molar-refractivity contribution in [1.82, 2.24) is 10.2 Å². The molecular formula is C26H37N3O5S. The molecule has 0 saturated carbocycles. The second-order valence-electron chi connectivity index (χ2n) is 8.67. The lowest BCUT2D eigenvalue weighted by atomic mass is 10.1. The molecule has 0 spiro atoms. The number of sulfonamides is 1. The number of benzene rings is 2. The SMILES string of the molecule is CC[C@@H](C)NC(=O)[C@H](CC)N(Cc1ccc(OC)cc1)C(=O)CN(c1ccccc1C)S(C)(=O)=O. The number of aryl methyl sites for hydroxylation is 1. The van der Waals surface area contributed by atoms with Crippen molar-refractivity contribution < 1.29 is 22.7 Å². The predicted octanol–water partition coefficient (Wildman–Crippen LogP) is 3.49. The summed E-state index contributed by atoms with van der Waals surface area (Å²) < 4.78 is 31.7. The van der Waals surface area contributed by atoms with Crippen LogP contribution in [-0.4, -0.2) is 57.1 Å². The Morgan fingerprint density at radius 3 is 2.17 bits per heavy atom. The number of para-hydroxylation sites is 1. The second-order valence-corrected chi connectivity index (χ2v) is 10.6. The van der Waals surface area contributed by atoms with E-state index in [0.29, 0.717) is 17.9 Å². The van der Waals surface area contributed by atoms with E-state index in [1.54, 1.807) is 44.4 Å². The third-order valence-corrected chi connectivity index (χ3v) is 7.09. The summed E-state index contributed by atoms with van der Waals surface area (Å²) in [7, 11) is -2.19. The van der Waals surface area contributed by atoms with Crippen LogP contribution in [0.5, 0.6) is 5.75 Å². The third kappa shape index (κ3) is 7.71. The number of nitrogens with zero attached hydrogens (tertiary/aromatic N) is 2. The molecule has 0 bridgehead atoms. The van der Waals surface area contributed by atoms with Crippen LogP contribution in [0.25, 0.3) is 0 Å². The molecule has 0 aliphatic heterocycles. The lowest BCUT2D eigenvalue weighted by molar-refractivity contribution is -0.140. The van der Waals surface area contributed by atoms with Crippen molar-refractivity contribution in [3.05, 3.63) is 59.7 Å². The number of anilines is 1. The molecule has 0 fully saturated rings. The maximum absolute atomic E-state index is 13.7. The number of hydrogen-bond donors (Lipinski definition) is 1. The van der Waals surface area contributed by atoms with Gasteiger partial charge >= 0.3 is 0 Å². The van der Waals surface area contributed by atoms with E-state index < -0.39 is 28.5 Å². The Labute approximate surface area is 209 Å². The van der Waals surface area contributed by atoms with Gasteiger partial charge in [0.25, 0.3) is 0 Å². The number of carbonyl (C=O) groups is 2. The van der Waals surface area contributed by atoms with Crippen LogP contribution >= 0.6 is 0 Å². The van der Waals surface area contributed by atoms with Gasteiger partial charge in [-0.1, -0.05) is 44.2 Å². The Morgan fingerprint density at radius 1 is 1.03 bits per heavy atom. The number of nitrogens with one attached hydrogen (secondary N) is 1. The summed E-state index contributed by atoms with van der Waals surface area (Å²) in [6.45, 7) is 7.25. The minimum atomic E-state index is -3.76. The average molecular weight is 504 g/mol. The number of amides is 2. The molecule has 0 saturated heterocycles. The van der Waals surface area contributed by atoms with E-state index in [-0.39, 0.29) is 18.5 Å². The molecule has 0 aliphatic rings. The number of methoxy groups -OCH3 is 1. The normalized spacial score (nSPS) is 13.0. The van der Waals surface area contributed by atoms with Gasteiger partial charge in [0.1, 0.15) is 18.3 Å². The van der Waals surface area contributed by atoms with Crippen LogP contribution in [-0.2, 0) is 26.2 Å². The molecule has 2 amide bonds. The summed E-state index contributed by atoms with van der Waals surface area (Å²) >= 11 is 0. The zero-order valence-electron chi connectivity index (χ0n) is 21.4. The highest BCUT2D eigenvalue weighted by Crippen LogP contribution is 2.23. The molecule has 9 heteroatoms. The van der Waals surface area contributed by atoms with Crippen LogP contribution in [0.4, 0.5) is 5.69 Å². The summed E-state index contributed by atoms with van der Waals surface area (Å²) in [6, 6.07) is 13.4. The smallest absolute Gasteiger partial charge is 0.244 e. The van der Waals surface area contributed by atoms with Crippen molar-refractivity contribution in [3.8, 4) is 5.75 Å². The molecule has 35 heavy (non-hydrogen) atoms. The van der Waals surface area contributed by atoms with Gasteiger partial charge in [0.15, 0.2) is 0 Å². The number of ether oxygens (including phenoxy) is 1. The molecule has 1 N–H and O–H groups in total. The van der Waals surface area contributed by atoms with Crippen LogP contribution in [0.3, 0.4) is 0 Å². The average Bonchev–Trinajstić information content (AvgIpc) is 2.82. The Bertz CT molecular complexity index is 1100. The lowest BCUT2D eigenvalue weighted by Gasteiger charge is -2.33. The highest BCUT2D eigenvalue weighted by atomic mass is 32.2. The van der Waals surface area contributed by atoms with Gasteiger partial charge in [0, 0.05) is 12.6 Å². The Kier molecular flexibility index (Phi) is 10.1. The molecule has 0 radical (unpaired) electrons. The van der Waals surface area contributed by atoms with Crippen LogP contribution in [0.1, 0.15) is 44.7 Å². The molecule has 0 aromatic heterocycles. The minimum absolute atomic E-state index is 0.0472. The van der Waals surface area contributed by atoms with Crippen molar-refractivity contribution in [2.75, 3.05) is 24.2 Å². The highest BCUT2D eigenvalue weighted by Gasteiger charge is 2.32. The van der Waals surface area contributed by atoms with Crippen molar-refractivity contribution in [3.63, 3.8) is 0 Å². The maximum atomic E-state index is 13.7. The first-order valence-electron chi connectivity index (χ1n) is 11.8. The van der Waals surface area contributed by atoms with E-state index >= 15 is 0 Å². The van der Waals surface area contributed by atoms with Crippen molar-refractivity contribution >= 4 is 27.5 Å². The quantitative estimate of drug-likeness (QED) is 0.478. The van der Waals surface area contributed by atoms with E-state index in [9.17, 15) is 18.0 Å². The Morgan fingerprint density at radius 2 is 1.66 bits per heavy atom. The van der Waals surface area contributed by atoms with Gasteiger partial charge in [-0.05, 0) is 56.0 Å². The summed E-state index contributed by atoms with van der Waals surface area (Å²) in [5.41, 5.74) is 1.97. The number of carbonyl (C=O) groups excluding carboxylic acids is 2. The predicted molar refractivity (Wildman–Crippen MR) is 139 cm³/mol. The first-order valence-corrected chi connectivity index (χ1v) is 13.6. The van der Waals surface area contributed by atoms with Gasteiger partial charge in [0.2, 0.25) is 21.8 Å². The first kappa shape index (κ1) is 28.2. The molecule has 0 unspecified atom stereocenters. The van der Waals surface area contributed by atoms with Gasteiger partial charge in [-0.3, -0.25) is 13.9 Å². The molecule has 192 valence electrons. The number of hydrogen-bond acceptors (Lipinski definition) is 5. The third-order valence-electron chi connectivity index (χ3n) is 5.96. The van der Waals surface area contributed by atoms with Crippen LogP contribution in [0.2, 0.25) is 0 Å². The van der Waals surface area contributed by atoms with Gasteiger partial charge in [0.05, 0.1) is 19.1 Å². The standard InChI is InChI=1S/C26H37N3O5S/c1-7-20(4)27-26(31)23(8-2)28(17-21-13-15-22(34-5)16-14-21)25(30)18-29(35(6,32)33)24-12-10-9-11-19(24)3/h9-16,20,23H,7-8,17-18H2,1-6H3,(H,27,31)/t20-,23+/m1/s1. The maximum Gasteiger partial charge on any atom is 0.244 e. The zero-order valence-corrected chi connectivity index (χ0v) is 22.3. The van der Waals surface area contributed by atoms with Gasteiger partial charge in [-0.15, -0.1) is 0 Å². The topological polar surface area (TPSA) is 96.0 Å². The van der Waals surface area contributed by atoms with Crippen molar-refractivity contribution in [2.24, 2.45) is 0 Å². The number of rotatable bonds is 12. The van der Waals surface area contributed by atoms with E-state index in [0.717, 1.165) is 28.1 Å². The Balaban J connectivity index is 2.44. The monoisotopic (exact) mass is 503 g/mol. The minimum Gasteiger partial charge on any atom is -0.497 e. The lowest BCUT2D eigenvalue weighted by Crippen LogP contribution is -2.53. The van der Waals surface area contributed by atoms with Gasteiger partial charge in [-0.2, -0.15) is 0 Å². The van der Waals surface area contributed by atoms with E-state index in [2.05, 4.69) is 5.32 Å². The fourth-order valence-electron chi connectivity index (χ4n) is 3.73. The molecule has 2 aromatic carbocycles. The van der Waals surface area contributed by atoms with E-state index in [4.69, 9.17) is 4.74 Å². The van der Waals surface area contributed by atoms with Crippen molar-refractivity contribution in [1.29, 1.82) is 0 Å². The highest BCUT2D eigenvalue weighted by molar-refractivity contribution is 7.92. The van der Waals surface area contributed by atoms with Crippen LogP contribution < -0.4 is 14.4 Å². The zero-order chi connectivity index (χ0) is 26.2.